The zero-order chi connectivity index (χ0) is 12.5. The van der Waals surface area contributed by atoms with Gasteiger partial charge in [-0.05, 0) is 12.0 Å². The number of benzene rings is 1. The number of carbonyl (C=O) groups is 1. The largest absolute Gasteiger partial charge is 0.478 e. The fourth-order valence-electron chi connectivity index (χ4n) is 1.45. The summed E-state index contributed by atoms with van der Waals surface area (Å²) in [5, 5.41) is 8.40. The molecule has 0 amide bonds. The average molecular weight is 269 g/mol. The van der Waals surface area contributed by atoms with Gasteiger partial charge in [-0.25, -0.2) is 4.79 Å². The minimum absolute atomic E-state index is 0. The molecule has 0 radical (unpaired) electrons. The second-order valence-electron chi connectivity index (χ2n) is 3.50. The van der Waals surface area contributed by atoms with Crippen LogP contribution in [0.25, 0.3) is 0 Å². The standard InChI is InChI=1S/C14H16O3.ClH/c1-17-13(12-8-4-2-5-9-12)10-6-3-7-11-14(15)16;/h2-9,11,13H,10H2,1H3,(H,15,16);1H. The van der Waals surface area contributed by atoms with E-state index in [1.807, 2.05) is 36.4 Å². The number of allylic oxidation sites excluding steroid dienone is 2. The van der Waals surface area contributed by atoms with Gasteiger partial charge in [0.1, 0.15) is 0 Å². The topological polar surface area (TPSA) is 46.5 Å². The molecule has 1 rings (SSSR count). The minimum atomic E-state index is -0.944. The third-order valence-electron chi connectivity index (χ3n) is 2.29. The lowest BCUT2D eigenvalue weighted by Crippen LogP contribution is -1.99. The molecule has 0 heterocycles. The first-order chi connectivity index (χ1) is 8.24. The van der Waals surface area contributed by atoms with Crippen LogP contribution >= 0.6 is 12.4 Å². The van der Waals surface area contributed by atoms with Gasteiger partial charge in [0, 0.05) is 13.2 Å². The SMILES string of the molecule is COC(CC=CC=CC(=O)O)c1ccccc1.Cl. The first-order valence-corrected chi connectivity index (χ1v) is 5.38. The molecule has 1 aromatic carbocycles. The molecule has 0 bridgehead atoms. The van der Waals surface area contributed by atoms with Gasteiger partial charge < -0.3 is 9.84 Å². The molecular formula is C14H17ClO3. The smallest absolute Gasteiger partial charge is 0.328 e. The highest BCUT2D eigenvalue weighted by Gasteiger charge is 2.06. The van der Waals surface area contributed by atoms with E-state index in [0.717, 1.165) is 11.6 Å². The first kappa shape index (κ1) is 16.4. The summed E-state index contributed by atoms with van der Waals surface area (Å²) in [6.07, 6.45) is 6.92. The van der Waals surface area contributed by atoms with Crippen LogP contribution in [0.5, 0.6) is 0 Å². The van der Waals surface area contributed by atoms with E-state index in [1.165, 1.54) is 6.08 Å². The molecule has 98 valence electrons. The van der Waals surface area contributed by atoms with Crippen molar-refractivity contribution in [3.8, 4) is 0 Å². The van der Waals surface area contributed by atoms with E-state index in [2.05, 4.69) is 0 Å². The summed E-state index contributed by atoms with van der Waals surface area (Å²) in [5.41, 5.74) is 1.11. The number of carboxylic acids is 1. The van der Waals surface area contributed by atoms with Crippen molar-refractivity contribution >= 4 is 18.4 Å². The molecule has 4 heteroatoms. The Morgan fingerprint density at radius 2 is 2.00 bits per heavy atom. The Bertz CT molecular complexity index is 399. The summed E-state index contributed by atoms with van der Waals surface area (Å²) in [7, 11) is 1.67. The average Bonchev–Trinajstić information content (AvgIpc) is 2.34. The van der Waals surface area contributed by atoms with Crippen LogP contribution < -0.4 is 0 Å². The summed E-state index contributed by atoms with van der Waals surface area (Å²) in [6.45, 7) is 0. The molecule has 0 spiro atoms. The van der Waals surface area contributed by atoms with Gasteiger partial charge in [0.05, 0.1) is 6.10 Å². The Kier molecular flexibility index (Phi) is 8.62. The highest BCUT2D eigenvalue weighted by molar-refractivity contribution is 5.85. The molecule has 1 aromatic rings. The van der Waals surface area contributed by atoms with Crippen LogP contribution in [0.3, 0.4) is 0 Å². The molecule has 0 aliphatic heterocycles. The van der Waals surface area contributed by atoms with Gasteiger partial charge in [0.15, 0.2) is 0 Å². The van der Waals surface area contributed by atoms with Gasteiger partial charge in [-0.3, -0.25) is 0 Å². The predicted molar refractivity (Wildman–Crippen MR) is 74.0 cm³/mol. The summed E-state index contributed by atoms with van der Waals surface area (Å²) >= 11 is 0. The highest BCUT2D eigenvalue weighted by Crippen LogP contribution is 2.20. The number of aliphatic carboxylic acids is 1. The van der Waals surface area contributed by atoms with Crippen molar-refractivity contribution < 1.29 is 14.6 Å². The molecule has 18 heavy (non-hydrogen) atoms. The maximum atomic E-state index is 10.2. The number of carboxylic acid groups (broad SMARTS) is 1. The van der Waals surface area contributed by atoms with Gasteiger partial charge in [-0.2, -0.15) is 0 Å². The van der Waals surface area contributed by atoms with Crippen molar-refractivity contribution in [1.82, 2.24) is 0 Å². The third-order valence-corrected chi connectivity index (χ3v) is 2.29. The molecule has 1 unspecified atom stereocenters. The maximum absolute atomic E-state index is 10.2. The van der Waals surface area contributed by atoms with Crippen molar-refractivity contribution in [2.75, 3.05) is 7.11 Å². The number of hydrogen-bond donors (Lipinski definition) is 1. The lowest BCUT2D eigenvalue weighted by molar-refractivity contribution is -0.131. The number of ether oxygens (including phenoxy) is 1. The lowest BCUT2D eigenvalue weighted by atomic mass is 10.1. The summed E-state index contributed by atoms with van der Waals surface area (Å²) in [6, 6.07) is 9.91. The van der Waals surface area contributed by atoms with Crippen LogP contribution in [0, 0.1) is 0 Å². The zero-order valence-corrected chi connectivity index (χ0v) is 11.0. The monoisotopic (exact) mass is 268 g/mol. The van der Waals surface area contributed by atoms with E-state index in [9.17, 15) is 4.79 Å². The normalized spacial score (nSPS) is 12.5. The highest BCUT2D eigenvalue weighted by atomic mass is 35.5. The zero-order valence-electron chi connectivity index (χ0n) is 10.2. The van der Waals surface area contributed by atoms with E-state index in [4.69, 9.17) is 9.84 Å². The Morgan fingerprint density at radius 1 is 1.33 bits per heavy atom. The number of hydrogen-bond acceptors (Lipinski definition) is 2. The van der Waals surface area contributed by atoms with Crippen LogP contribution in [0.1, 0.15) is 18.1 Å². The fraction of sp³-hybridized carbons (Fsp3) is 0.214. The van der Waals surface area contributed by atoms with Gasteiger partial charge in [-0.15, -0.1) is 12.4 Å². The number of methoxy groups -OCH3 is 1. The molecule has 1 atom stereocenters. The Balaban J connectivity index is 0.00000289. The molecular weight excluding hydrogens is 252 g/mol. The lowest BCUT2D eigenvalue weighted by Gasteiger charge is -2.13. The van der Waals surface area contributed by atoms with Crippen LogP contribution in [0.15, 0.2) is 54.6 Å². The molecule has 0 saturated carbocycles. The molecule has 0 fully saturated rings. The van der Waals surface area contributed by atoms with E-state index in [-0.39, 0.29) is 18.5 Å². The molecule has 1 N–H and O–H groups in total. The number of halogens is 1. The van der Waals surface area contributed by atoms with Gasteiger partial charge in [0.25, 0.3) is 0 Å². The van der Waals surface area contributed by atoms with Gasteiger partial charge in [0.2, 0.25) is 0 Å². The van der Waals surface area contributed by atoms with E-state index < -0.39 is 5.97 Å². The van der Waals surface area contributed by atoms with E-state index >= 15 is 0 Å². The van der Waals surface area contributed by atoms with Crippen LogP contribution in [0.4, 0.5) is 0 Å². The van der Waals surface area contributed by atoms with Crippen molar-refractivity contribution in [1.29, 1.82) is 0 Å². The van der Waals surface area contributed by atoms with Gasteiger partial charge >= 0.3 is 5.97 Å². The Labute approximate surface area is 113 Å². The van der Waals surface area contributed by atoms with E-state index in [1.54, 1.807) is 13.2 Å². The second kappa shape index (κ2) is 9.45. The van der Waals surface area contributed by atoms with Gasteiger partial charge in [-0.1, -0.05) is 48.6 Å². The third kappa shape index (κ3) is 6.23. The minimum Gasteiger partial charge on any atom is -0.478 e. The molecule has 0 aliphatic carbocycles. The maximum Gasteiger partial charge on any atom is 0.328 e. The van der Waals surface area contributed by atoms with Crippen LogP contribution in [0.2, 0.25) is 0 Å². The molecule has 3 nitrogen and oxygen atoms in total. The molecule has 0 saturated heterocycles. The quantitative estimate of drug-likeness (QED) is 0.635. The van der Waals surface area contributed by atoms with Crippen molar-refractivity contribution in [3.63, 3.8) is 0 Å². The number of rotatable bonds is 6. The second-order valence-corrected chi connectivity index (χ2v) is 3.50. The summed E-state index contributed by atoms with van der Waals surface area (Å²) in [4.78, 5) is 10.2. The van der Waals surface area contributed by atoms with Crippen LogP contribution in [-0.2, 0) is 9.53 Å². The van der Waals surface area contributed by atoms with E-state index in [0.29, 0.717) is 6.42 Å². The first-order valence-electron chi connectivity index (χ1n) is 5.38. The molecule has 0 aromatic heterocycles. The molecule has 0 aliphatic rings. The fourth-order valence-corrected chi connectivity index (χ4v) is 1.45. The summed E-state index contributed by atoms with van der Waals surface area (Å²) in [5.74, 6) is -0.944. The Hall–Kier alpha value is -1.58. The van der Waals surface area contributed by atoms with Crippen molar-refractivity contribution in [2.45, 2.75) is 12.5 Å². The van der Waals surface area contributed by atoms with Crippen molar-refractivity contribution in [2.24, 2.45) is 0 Å². The van der Waals surface area contributed by atoms with Crippen molar-refractivity contribution in [3.05, 3.63) is 60.2 Å². The van der Waals surface area contributed by atoms with Crippen LogP contribution in [-0.4, -0.2) is 18.2 Å². The Morgan fingerprint density at radius 3 is 2.56 bits per heavy atom. The summed E-state index contributed by atoms with van der Waals surface area (Å²) < 4.78 is 5.37. The predicted octanol–water partition coefficient (Wildman–Crippen LogP) is 3.38.